The summed E-state index contributed by atoms with van der Waals surface area (Å²) in [5.74, 6) is 0. The SMILES string of the molecule is CS(=O)(=O)[CH2][Sn][CH2]S(=O)(=O)C(F)(F)F. The van der Waals surface area contributed by atoms with E-state index in [-0.39, 0.29) is 0 Å². The molecule has 0 aliphatic heterocycles. The Hall–Kier alpha value is 0.489. The Balaban J connectivity index is 4.31. The van der Waals surface area contributed by atoms with Crippen LogP contribution in [0.3, 0.4) is 0 Å². The molecular formula is C4H7F3O4S2Sn. The zero-order valence-electron chi connectivity index (χ0n) is 7.00. The zero-order valence-corrected chi connectivity index (χ0v) is 11.5. The van der Waals surface area contributed by atoms with Crippen LogP contribution in [0.5, 0.6) is 0 Å². The molecule has 10 heteroatoms. The van der Waals surface area contributed by atoms with Crippen molar-refractivity contribution in [2.45, 2.75) is 5.51 Å². The number of halogens is 3. The molecular weight excluding hydrogens is 352 g/mol. The monoisotopic (exact) mass is 360 g/mol. The Morgan fingerprint density at radius 1 is 1.07 bits per heavy atom. The van der Waals surface area contributed by atoms with Crippen molar-refractivity contribution in [3.05, 3.63) is 0 Å². The molecule has 0 bridgehead atoms. The van der Waals surface area contributed by atoms with Gasteiger partial charge in [-0.15, -0.1) is 0 Å². The molecule has 0 amide bonds. The molecule has 0 unspecified atom stereocenters. The third kappa shape index (κ3) is 5.39. The average molecular weight is 359 g/mol. The van der Waals surface area contributed by atoms with E-state index in [4.69, 9.17) is 0 Å². The van der Waals surface area contributed by atoms with Crippen LogP contribution in [-0.4, -0.2) is 57.3 Å². The van der Waals surface area contributed by atoms with Gasteiger partial charge in [-0.05, 0) is 0 Å². The quantitative estimate of drug-likeness (QED) is 0.640. The van der Waals surface area contributed by atoms with Gasteiger partial charge in [0, 0.05) is 0 Å². The van der Waals surface area contributed by atoms with Gasteiger partial charge in [0.25, 0.3) is 0 Å². The maximum atomic E-state index is 11.7. The standard InChI is InChI=1S/C2H2F3O2S.C2H5O2S.Sn/c1-8(6,7)2(3,4)5;1-5(2,3)4;/h1H2;1H2,2H3;. The summed E-state index contributed by atoms with van der Waals surface area (Å²) in [7, 11) is -8.46. The van der Waals surface area contributed by atoms with Gasteiger partial charge in [0.05, 0.1) is 0 Å². The third-order valence-electron chi connectivity index (χ3n) is 1.01. The van der Waals surface area contributed by atoms with Crippen molar-refractivity contribution in [3.8, 4) is 0 Å². The van der Waals surface area contributed by atoms with Crippen LogP contribution in [0.25, 0.3) is 0 Å². The second-order valence-electron chi connectivity index (χ2n) is 2.52. The van der Waals surface area contributed by atoms with Crippen LogP contribution in [0, 0.1) is 0 Å². The normalized spacial score (nSPS) is 14.3. The molecule has 0 saturated heterocycles. The van der Waals surface area contributed by atoms with Gasteiger partial charge in [-0.2, -0.15) is 0 Å². The predicted octanol–water partition coefficient (Wildman–Crippen LogP) is -0.415. The molecule has 4 nitrogen and oxygen atoms in total. The van der Waals surface area contributed by atoms with Gasteiger partial charge in [-0.25, -0.2) is 0 Å². The van der Waals surface area contributed by atoms with E-state index < -0.39 is 53.9 Å². The Morgan fingerprint density at radius 2 is 1.50 bits per heavy atom. The Morgan fingerprint density at radius 3 is 1.79 bits per heavy atom. The molecule has 2 radical (unpaired) electrons. The molecule has 0 aromatic carbocycles. The molecule has 84 valence electrons. The van der Waals surface area contributed by atoms with Crippen LogP contribution >= 0.6 is 0 Å². The fourth-order valence-electron chi connectivity index (χ4n) is 0.443. The number of rotatable bonds is 4. The first-order chi connectivity index (χ1) is 5.96. The van der Waals surface area contributed by atoms with Crippen molar-refractivity contribution < 1.29 is 30.0 Å². The van der Waals surface area contributed by atoms with Gasteiger partial charge in [0.1, 0.15) is 0 Å². The molecule has 0 heterocycles. The molecule has 0 spiro atoms. The Labute approximate surface area is 89.9 Å². The van der Waals surface area contributed by atoms with Crippen LogP contribution < -0.4 is 0 Å². The summed E-state index contributed by atoms with van der Waals surface area (Å²) < 4.78 is 75.8. The van der Waals surface area contributed by atoms with Crippen molar-refractivity contribution in [2.75, 3.05) is 13.8 Å². The molecule has 0 aliphatic rings. The van der Waals surface area contributed by atoms with Gasteiger partial charge >= 0.3 is 90.1 Å². The first kappa shape index (κ1) is 14.5. The van der Waals surface area contributed by atoms with E-state index in [1.165, 1.54) is 0 Å². The minimum absolute atomic E-state index is 0.397. The molecule has 0 aromatic heterocycles. The first-order valence-electron chi connectivity index (χ1n) is 3.13. The summed E-state index contributed by atoms with van der Waals surface area (Å²) in [5.41, 5.74) is -5.26. The van der Waals surface area contributed by atoms with E-state index in [9.17, 15) is 30.0 Å². The Bertz CT molecular complexity index is 381. The maximum absolute atomic E-state index is 11.7. The molecule has 0 rings (SSSR count). The van der Waals surface area contributed by atoms with E-state index in [0.29, 0.717) is 0 Å². The molecule has 0 fully saturated rings. The molecule has 14 heavy (non-hydrogen) atoms. The van der Waals surface area contributed by atoms with E-state index in [2.05, 4.69) is 0 Å². The predicted molar refractivity (Wildman–Crippen MR) is 45.3 cm³/mol. The summed E-state index contributed by atoms with van der Waals surface area (Å²) in [4.78, 5) is 0. The summed E-state index contributed by atoms with van der Waals surface area (Å²) in [6.07, 6.45) is 0.869. The van der Waals surface area contributed by atoms with E-state index in [1.807, 2.05) is 0 Å². The van der Waals surface area contributed by atoms with Gasteiger partial charge < -0.3 is 0 Å². The van der Waals surface area contributed by atoms with Crippen molar-refractivity contribution in [3.63, 3.8) is 0 Å². The van der Waals surface area contributed by atoms with Crippen molar-refractivity contribution in [2.24, 2.45) is 0 Å². The number of alkyl halides is 3. The molecule has 0 atom stereocenters. The number of hydrogen-bond donors (Lipinski definition) is 0. The van der Waals surface area contributed by atoms with Gasteiger partial charge in [-0.3, -0.25) is 0 Å². The van der Waals surface area contributed by atoms with Crippen LogP contribution in [0.2, 0.25) is 0 Å². The number of hydrogen-bond acceptors (Lipinski definition) is 4. The van der Waals surface area contributed by atoms with Gasteiger partial charge in [0.15, 0.2) is 0 Å². The van der Waals surface area contributed by atoms with E-state index in [1.54, 1.807) is 0 Å². The van der Waals surface area contributed by atoms with Crippen LogP contribution in [-0.2, 0) is 19.7 Å². The molecule has 0 saturated carbocycles. The number of sulfone groups is 2. The fourth-order valence-corrected chi connectivity index (χ4v) is 10.6. The van der Waals surface area contributed by atoms with Crippen LogP contribution in [0.1, 0.15) is 0 Å². The summed E-state index contributed by atoms with van der Waals surface area (Å²) >= 11 is -2.05. The molecule has 0 aliphatic carbocycles. The summed E-state index contributed by atoms with van der Waals surface area (Å²) in [5, 5.41) is 0. The van der Waals surface area contributed by atoms with E-state index in [0.717, 1.165) is 6.26 Å². The van der Waals surface area contributed by atoms with Crippen LogP contribution in [0.4, 0.5) is 13.2 Å². The van der Waals surface area contributed by atoms with Crippen molar-refractivity contribution in [1.29, 1.82) is 0 Å². The van der Waals surface area contributed by atoms with Crippen molar-refractivity contribution in [1.82, 2.24) is 0 Å². The second kappa shape index (κ2) is 4.56. The first-order valence-corrected chi connectivity index (χ1v) is 10.9. The van der Waals surface area contributed by atoms with E-state index >= 15 is 0 Å². The fraction of sp³-hybridized carbons (Fsp3) is 1.00. The van der Waals surface area contributed by atoms with Gasteiger partial charge in [0.2, 0.25) is 0 Å². The molecule has 0 aromatic rings. The minimum atomic E-state index is -5.26. The topological polar surface area (TPSA) is 68.3 Å². The Kier molecular flexibility index (Phi) is 4.72. The zero-order chi connectivity index (χ0) is 11.6. The second-order valence-corrected chi connectivity index (χ2v) is 13.0. The van der Waals surface area contributed by atoms with Gasteiger partial charge in [-0.1, -0.05) is 0 Å². The molecule has 0 N–H and O–H groups in total. The van der Waals surface area contributed by atoms with Crippen molar-refractivity contribution >= 4 is 40.8 Å². The third-order valence-corrected chi connectivity index (χ3v) is 14.3. The van der Waals surface area contributed by atoms with Crippen LogP contribution in [0.15, 0.2) is 0 Å². The summed E-state index contributed by atoms with van der Waals surface area (Å²) in [6.45, 7) is 0. The average Bonchev–Trinajstić information content (AvgIpc) is 1.80. The summed E-state index contributed by atoms with van der Waals surface area (Å²) in [6, 6.07) is 0.